The van der Waals surface area contributed by atoms with Gasteiger partial charge in [0.25, 0.3) is 5.91 Å². The number of nitrogens with two attached hydrogens (primary N) is 1. The third kappa shape index (κ3) is 3.91. The van der Waals surface area contributed by atoms with E-state index in [1.165, 1.54) is 11.1 Å². The molecule has 1 aromatic heterocycles. The predicted octanol–water partition coefficient (Wildman–Crippen LogP) is 2.38. The summed E-state index contributed by atoms with van der Waals surface area (Å²) in [7, 11) is 0. The fraction of sp³-hybridized carbons (Fsp3) is 0.526. The molecule has 2 heterocycles. The predicted molar refractivity (Wildman–Crippen MR) is 103 cm³/mol. The summed E-state index contributed by atoms with van der Waals surface area (Å²) in [6.45, 7) is 1.47. The SMILES string of the molecule is Cl.NC1CCC(n2cc(C(=O)N3CCc4ccccc4CC3)nn2)CC1. The van der Waals surface area contributed by atoms with Crippen molar-refractivity contribution in [3.8, 4) is 0 Å². The van der Waals surface area contributed by atoms with E-state index in [1.54, 1.807) is 0 Å². The molecule has 4 rings (SSSR count). The van der Waals surface area contributed by atoms with Gasteiger partial charge in [-0.2, -0.15) is 0 Å². The highest BCUT2D eigenvalue weighted by Crippen LogP contribution is 2.27. The van der Waals surface area contributed by atoms with Gasteiger partial charge in [-0.3, -0.25) is 4.79 Å². The smallest absolute Gasteiger partial charge is 0.276 e. The van der Waals surface area contributed by atoms with Crippen LogP contribution in [0.3, 0.4) is 0 Å². The first kappa shape index (κ1) is 18.9. The number of aromatic nitrogens is 3. The Hall–Kier alpha value is -1.92. The van der Waals surface area contributed by atoms with Gasteiger partial charge in [-0.05, 0) is 49.7 Å². The molecule has 6 nitrogen and oxygen atoms in total. The number of fused-ring (bicyclic) bond motifs is 1. The quantitative estimate of drug-likeness (QED) is 0.874. The molecule has 0 saturated heterocycles. The van der Waals surface area contributed by atoms with Gasteiger partial charge in [0.2, 0.25) is 0 Å². The summed E-state index contributed by atoms with van der Waals surface area (Å²) in [5, 5.41) is 8.38. The molecule has 2 aliphatic rings. The lowest BCUT2D eigenvalue weighted by atomic mass is 9.92. The summed E-state index contributed by atoms with van der Waals surface area (Å²) < 4.78 is 1.87. The molecular formula is C19H26ClN5O. The maximum absolute atomic E-state index is 12.8. The van der Waals surface area contributed by atoms with Crippen molar-refractivity contribution in [2.75, 3.05) is 13.1 Å². The lowest BCUT2D eigenvalue weighted by Gasteiger charge is -2.25. The highest BCUT2D eigenvalue weighted by atomic mass is 35.5. The van der Waals surface area contributed by atoms with E-state index in [-0.39, 0.29) is 18.3 Å². The highest BCUT2D eigenvalue weighted by Gasteiger charge is 2.25. The van der Waals surface area contributed by atoms with Crippen LogP contribution < -0.4 is 5.73 Å². The van der Waals surface area contributed by atoms with Crippen LogP contribution in [-0.4, -0.2) is 44.9 Å². The van der Waals surface area contributed by atoms with Crippen molar-refractivity contribution < 1.29 is 4.79 Å². The van der Waals surface area contributed by atoms with E-state index < -0.39 is 0 Å². The number of amides is 1. The lowest BCUT2D eigenvalue weighted by molar-refractivity contribution is 0.0757. The van der Waals surface area contributed by atoms with Gasteiger partial charge in [-0.25, -0.2) is 4.68 Å². The van der Waals surface area contributed by atoms with Crippen molar-refractivity contribution in [1.29, 1.82) is 0 Å². The van der Waals surface area contributed by atoms with Gasteiger partial charge < -0.3 is 10.6 Å². The zero-order valence-corrected chi connectivity index (χ0v) is 15.7. The Morgan fingerprint density at radius 2 is 1.65 bits per heavy atom. The van der Waals surface area contributed by atoms with Crippen LogP contribution in [0.1, 0.15) is 53.3 Å². The molecular weight excluding hydrogens is 350 g/mol. The number of rotatable bonds is 2. The second-order valence-corrected chi connectivity index (χ2v) is 7.21. The van der Waals surface area contributed by atoms with Crippen molar-refractivity contribution in [2.45, 2.75) is 50.6 Å². The maximum atomic E-state index is 12.8. The minimum Gasteiger partial charge on any atom is -0.337 e. The normalized spacial score (nSPS) is 22.9. The molecule has 2 N–H and O–H groups in total. The minimum atomic E-state index is -0.00781. The van der Waals surface area contributed by atoms with Crippen LogP contribution in [0.2, 0.25) is 0 Å². The number of halogens is 1. The Bertz CT molecular complexity index is 727. The van der Waals surface area contributed by atoms with E-state index >= 15 is 0 Å². The zero-order chi connectivity index (χ0) is 17.2. The molecule has 0 atom stereocenters. The Balaban J connectivity index is 0.00000196. The number of benzene rings is 1. The van der Waals surface area contributed by atoms with Crippen LogP contribution in [0, 0.1) is 0 Å². The minimum absolute atomic E-state index is 0. The molecule has 26 heavy (non-hydrogen) atoms. The standard InChI is InChI=1S/C19H25N5O.ClH/c20-16-5-7-17(8-6-16)24-13-18(21-22-24)19(25)23-11-9-14-3-1-2-4-15(14)10-12-23;/h1-4,13,16-17H,5-12,20H2;1H. The molecule has 0 radical (unpaired) electrons. The van der Waals surface area contributed by atoms with Gasteiger partial charge in [-0.1, -0.05) is 29.5 Å². The van der Waals surface area contributed by atoms with E-state index in [2.05, 4.69) is 34.6 Å². The number of carbonyl (C=O) groups is 1. The molecule has 1 amide bonds. The fourth-order valence-corrected chi connectivity index (χ4v) is 3.95. The first-order valence-electron chi connectivity index (χ1n) is 9.24. The highest BCUT2D eigenvalue weighted by molar-refractivity contribution is 5.92. The van der Waals surface area contributed by atoms with Crippen LogP contribution in [-0.2, 0) is 12.8 Å². The van der Waals surface area contributed by atoms with Crippen LogP contribution in [0.25, 0.3) is 0 Å². The first-order valence-corrected chi connectivity index (χ1v) is 9.24. The van der Waals surface area contributed by atoms with Crippen LogP contribution in [0.4, 0.5) is 0 Å². The number of carbonyl (C=O) groups excluding carboxylic acids is 1. The summed E-state index contributed by atoms with van der Waals surface area (Å²) in [5.74, 6) is -0.00781. The number of hydrogen-bond donors (Lipinski definition) is 1. The van der Waals surface area contributed by atoms with Gasteiger partial charge in [-0.15, -0.1) is 17.5 Å². The van der Waals surface area contributed by atoms with Crippen LogP contribution >= 0.6 is 12.4 Å². The van der Waals surface area contributed by atoms with E-state index in [0.717, 1.165) is 51.6 Å². The fourth-order valence-electron chi connectivity index (χ4n) is 3.95. The monoisotopic (exact) mass is 375 g/mol. The van der Waals surface area contributed by atoms with E-state index in [0.29, 0.717) is 17.8 Å². The van der Waals surface area contributed by atoms with Gasteiger partial charge in [0.05, 0.1) is 12.2 Å². The van der Waals surface area contributed by atoms with Crippen molar-refractivity contribution in [1.82, 2.24) is 19.9 Å². The Morgan fingerprint density at radius 1 is 1.04 bits per heavy atom. The molecule has 1 aliphatic heterocycles. The number of nitrogens with zero attached hydrogens (tertiary/aromatic N) is 4. The van der Waals surface area contributed by atoms with Crippen LogP contribution in [0.5, 0.6) is 0 Å². The van der Waals surface area contributed by atoms with Gasteiger partial charge in [0.15, 0.2) is 5.69 Å². The summed E-state index contributed by atoms with van der Waals surface area (Å²) in [4.78, 5) is 14.7. The maximum Gasteiger partial charge on any atom is 0.276 e. The van der Waals surface area contributed by atoms with E-state index in [4.69, 9.17) is 5.73 Å². The Labute approximate surface area is 160 Å². The summed E-state index contributed by atoms with van der Waals surface area (Å²) in [6, 6.07) is 9.08. The third-order valence-electron chi connectivity index (χ3n) is 5.55. The van der Waals surface area contributed by atoms with Crippen molar-refractivity contribution in [3.63, 3.8) is 0 Å². The van der Waals surface area contributed by atoms with Crippen molar-refractivity contribution in [2.24, 2.45) is 5.73 Å². The topological polar surface area (TPSA) is 77.0 Å². The summed E-state index contributed by atoms with van der Waals surface area (Å²) in [6.07, 6.45) is 7.67. The zero-order valence-electron chi connectivity index (χ0n) is 14.9. The van der Waals surface area contributed by atoms with Crippen molar-refractivity contribution >= 4 is 18.3 Å². The van der Waals surface area contributed by atoms with Gasteiger partial charge in [0.1, 0.15) is 0 Å². The molecule has 1 aliphatic carbocycles. The van der Waals surface area contributed by atoms with Crippen molar-refractivity contribution in [3.05, 3.63) is 47.3 Å². The largest absolute Gasteiger partial charge is 0.337 e. The molecule has 1 aromatic carbocycles. The molecule has 1 saturated carbocycles. The molecule has 0 spiro atoms. The molecule has 2 aromatic rings. The summed E-state index contributed by atoms with van der Waals surface area (Å²) >= 11 is 0. The number of hydrogen-bond acceptors (Lipinski definition) is 4. The lowest BCUT2D eigenvalue weighted by Crippen LogP contribution is -2.33. The summed E-state index contributed by atoms with van der Waals surface area (Å²) in [5.41, 5.74) is 9.12. The van der Waals surface area contributed by atoms with Gasteiger partial charge >= 0.3 is 0 Å². The average Bonchev–Trinajstić information content (AvgIpc) is 3.03. The second-order valence-electron chi connectivity index (χ2n) is 7.21. The molecule has 0 bridgehead atoms. The van der Waals surface area contributed by atoms with E-state index in [9.17, 15) is 4.79 Å². The molecule has 140 valence electrons. The van der Waals surface area contributed by atoms with E-state index in [1.807, 2.05) is 15.8 Å². The average molecular weight is 376 g/mol. The molecule has 0 unspecified atom stereocenters. The Kier molecular flexibility index (Phi) is 5.94. The second kappa shape index (κ2) is 8.18. The first-order chi connectivity index (χ1) is 12.2. The van der Waals surface area contributed by atoms with Gasteiger partial charge in [0, 0.05) is 19.1 Å². The third-order valence-corrected chi connectivity index (χ3v) is 5.55. The molecule has 7 heteroatoms. The molecule has 1 fully saturated rings. The Morgan fingerprint density at radius 3 is 2.27 bits per heavy atom. The van der Waals surface area contributed by atoms with Crippen LogP contribution in [0.15, 0.2) is 30.5 Å².